The Labute approximate surface area is 196 Å². The number of alkyl halides is 3. The van der Waals surface area contributed by atoms with Gasteiger partial charge in [-0.3, -0.25) is 14.4 Å². The Morgan fingerprint density at radius 1 is 1.09 bits per heavy atom. The SMILES string of the molecule is O=C(CCC(=O)N1CCc2sccc2C1)Nc1ccc(NC(=O)c2ccoc2)cc1C(F)(F)F. The topological polar surface area (TPSA) is 91.7 Å². The van der Waals surface area contributed by atoms with Gasteiger partial charge in [-0.1, -0.05) is 0 Å². The number of carbonyl (C=O) groups is 3. The number of anilines is 2. The lowest BCUT2D eigenvalue weighted by Crippen LogP contribution is -2.35. The highest BCUT2D eigenvalue weighted by Crippen LogP contribution is 2.37. The summed E-state index contributed by atoms with van der Waals surface area (Å²) in [5, 5.41) is 6.57. The van der Waals surface area contributed by atoms with E-state index >= 15 is 0 Å². The van der Waals surface area contributed by atoms with Crippen LogP contribution in [-0.2, 0) is 28.7 Å². The largest absolute Gasteiger partial charge is 0.472 e. The van der Waals surface area contributed by atoms with Crippen LogP contribution in [0.3, 0.4) is 0 Å². The minimum Gasteiger partial charge on any atom is -0.472 e. The van der Waals surface area contributed by atoms with Crippen molar-refractivity contribution in [3.05, 3.63) is 69.8 Å². The van der Waals surface area contributed by atoms with Gasteiger partial charge in [0, 0.05) is 36.5 Å². The second-order valence-electron chi connectivity index (χ2n) is 7.71. The fraction of sp³-hybridized carbons (Fsp3) is 0.261. The van der Waals surface area contributed by atoms with Gasteiger partial charge < -0.3 is 20.0 Å². The monoisotopic (exact) mass is 491 g/mol. The lowest BCUT2D eigenvalue weighted by atomic mass is 10.1. The van der Waals surface area contributed by atoms with Gasteiger partial charge in [0.1, 0.15) is 6.26 Å². The van der Waals surface area contributed by atoms with Crippen molar-refractivity contribution in [3.8, 4) is 0 Å². The molecule has 1 aliphatic heterocycles. The van der Waals surface area contributed by atoms with Crippen LogP contribution in [0.5, 0.6) is 0 Å². The summed E-state index contributed by atoms with van der Waals surface area (Å²) in [5.41, 5.74) is -0.418. The minimum atomic E-state index is -4.78. The third-order valence-electron chi connectivity index (χ3n) is 5.37. The standard InChI is InChI=1S/C23H20F3N3O4S/c24-23(25,26)17-11-16(27-22(32)15-6-9-33-13-15)1-2-18(17)28-20(30)3-4-21(31)29-8-5-19-14(12-29)7-10-34-19/h1-2,6-7,9-11,13H,3-5,8,12H2,(H,27,32)(H,28,30). The summed E-state index contributed by atoms with van der Waals surface area (Å²) in [6, 6.07) is 6.40. The molecule has 1 aliphatic rings. The molecular formula is C23H20F3N3O4S. The van der Waals surface area contributed by atoms with Crippen molar-refractivity contribution < 1.29 is 32.0 Å². The summed E-state index contributed by atoms with van der Waals surface area (Å²) in [6.45, 7) is 1.03. The van der Waals surface area contributed by atoms with Crippen LogP contribution < -0.4 is 10.6 Å². The van der Waals surface area contributed by atoms with Gasteiger partial charge in [-0.05, 0) is 47.7 Å². The van der Waals surface area contributed by atoms with E-state index in [0.717, 1.165) is 24.1 Å². The number of amides is 3. The van der Waals surface area contributed by atoms with E-state index in [1.165, 1.54) is 29.5 Å². The lowest BCUT2D eigenvalue weighted by Gasteiger charge is -2.27. The van der Waals surface area contributed by atoms with Crippen molar-refractivity contribution in [2.24, 2.45) is 0 Å². The molecule has 11 heteroatoms. The van der Waals surface area contributed by atoms with Crippen molar-refractivity contribution in [1.82, 2.24) is 4.90 Å². The van der Waals surface area contributed by atoms with Crippen molar-refractivity contribution in [2.75, 3.05) is 17.2 Å². The average Bonchev–Trinajstić information content (AvgIpc) is 3.49. The first-order chi connectivity index (χ1) is 16.2. The van der Waals surface area contributed by atoms with Crippen LogP contribution in [0.4, 0.5) is 24.5 Å². The molecule has 0 saturated heterocycles. The van der Waals surface area contributed by atoms with Crippen molar-refractivity contribution in [3.63, 3.8) is 0 Å². The highest BCUT2D eigenvalue weighted by molar-refractivity contribution is 7.10. The molecule has 4 rings (SSSR count). The fourth-order valence-electron chi connectivity index (χ4n) is 3.62. The first-order valence-electron chi connectivity index (χ1n) is 10.4. The molecule has 0 unspecified atom stereocenters. The maximum atomic E-state index is 13.6. The van der Waals surface area contributed by atoms with Gasteiger partial charge in [0.05, 0.1) is 23.1 Å². The number of fused-ring (bicyclic) bond motifs is 1. The zero-order chi connectivity index (χ0) is 24.3. The number of nitrogens with zero attached hydrogens (tertiary/aromatic N) is 1. The Morgan fingerprint density at radius 3 is 2.65 bits per heavy atom. The quantitative estimate of drug-likeness (QED) is 0.512. The maximum Gasteiger partial charge on any atom is 0.418 e. The second-order valence-corrected chi connectivity index (χ2v) is 8.71. The highest BCUT2D eigenvalue weighted by atomic mass is 32.1. The van der Waals surface area contributed by atoms with Crippen LogP contribution in [0.1, 0.15) is 39.2 Å². The molecule has 3 amide bonds. The van der Waals surface area contributed by atoms with Crippen LogP contribution in [0.15, 0.2) is 52.7 Å². The van der Waals surface area contributed by atoms with Gasteiger partial charge in [0.25, 0.3) is 5.91 Å². The predicted octanol–water partition coefficient (Wildman–Crippen LogP) is 4.92. The van der Waals surface area contributed by atoms with Crippen molar-refractivity contribution in [1.29, 1.82) is 0 Å². The van der Waals surface area contributed by atoms with Crippen LogP contribution in [-0.4, -0.2) is 29.2 Å². The van der Waals surface area contributed by atoms with Gasteiger partial charge in [0.15, 0.2) is 0 Å². The molecule has 7 nitrogen and oxygen atoms in total. The number of thiophene rings is 1. The molecule has 34 heavy (non-hydrogen) atoms. The third kappa shape index (κ3) is 5.48. The Balaban J connectivity index is 1.37. The van der Waals surface area contributed by atoms with Crippen LogP contribution in [0.25, 0.3) is 0 Å². The van der Waals surface area contributed by atoms with Gasteiger partial charge in [-0.15, -0.1) is 11.3 Å². The van der Waals surface area contributed by atoms with Gasteiger partial charge >= 0.3 is 6.18 Å². The molecule has 3 aromatic rings. The summed E-state index contributed by atoms with van der Waals surface area (Å²) >= 11 is 1.64. The fourth-order valence-corrected chi connectivity index (χ4v) is 4.50. The van der Waals surface area contributed by atoms with Crippen molar-refractivity contribution in [2.45, 2.75) is 32.0 Å². The van der Waals surface area contributed by atoms with Gasteiger partial charge in [-0.2, -0.15) is 13.2 Å². The van der Waals surface area contributed by atoms with Gasteiger partial charge in [-0.25, -0.2) is 0 Å². The van der Waals surface area contributed by atoms with E-state index in [1.54, 1.807) is 16.2 Å². The van der Waals surface area contributed by atoms with E-state index in [2.05, 4.69) is 10.6 Å². The summed E-state index contributed by atoms with van der Waals surface area (Å²) in [4.78, 5) is 39.8. The molecule has 2 N–H and O–H groups in total. The minimum absolute atomic E-state index is 0.0930. The third-order valence-corrected chi connectivity index (χ3v) is 6.39. The number of hydrogen-bond donors (Lipinski definition) is 2. The molecule has 0 bridgehead atoms. The van der Waals surface area contributed by atoms with E-state index in [4.69, 9.17) is 4.42 Å². The molecule has 0 radical (unpaired) electrons. The molecule has 1 aromatic carbocycles. The number of hydrogen-bond acceptors (Lipinski definition) is 5. The van der Waals surface area contributed by atoms with E-state index in [9.17, 15) is 27.6 Å². The van der Waals surface area contributed by atoms with Crippen LogP contribution in [0.2, 0.25) is 0 Å². The lowest BCUT2D eigenvalue weighted by molar-refractivity contribution is -0.137. The summed E-state index contributed by atoms with van der Waals surface area (Å²) in [7, 11) is 0. The Hall–Kier alpha value is -3.60. The molecule has 0 spiro atoms. The Bertz CT molecular complexity index is 1200. The molecule has 2 aromatic heterocycles. The van der Waals surface area contributed by atoms with E-state index in [-0.39, 0.29) is 30.0 Å². The Morgan fingerprint density at radius 2 is 1.91 bits per heavy atom. The van der Waals surface area contributed by atoms with E-state index in [0.29, 0.717) is 13.1 Å². The first-order valence-corrected chi connectivity index (χ1v) is 11.3. The number of furan rings is 1. The first kappa shape index (κ1) is 23.6. The smallest absolute Gasteiger partial charge is 0.418 e. The molecule has 0 aliphatic carbocycles. The van der Waals surface area contributed by atoms with Crippen molar-refractivity contribution >= 4 is 40.4 Å². The second kappa shape index (κ2) is 9.72. The normalized spacial score (nSPS) is 13.3. The highest BCUT2D eigenvalue weighted by Gasteiger charge is 2.34. The average molecular weight is 491 g/mol. The number of nitrogens with one attached hydrogen (secondary N) is 2. The predicted molar refractivity (Wildman–Crippen MR) is 119 cm³/mol. The number of halogens is 3. The maximum absolute atomic E-state index is 13.6. The molecule has 0 atom stereocenters. The summed E-state index contributed by atoms with van der Waals surface area (Å²) < 4.78 is 45.6. The number of rotatable bonds is 6. The van der Waals surface area contributed by atoms with Crippen LogP contribution >= 0.6 is 11.3 Å². The molecule has 0 saturated carbocycles. The zero-order valence-corrected chi connectivity index (χ0v) is 18.6. The molecular weight excluding hydrogens is 471 g/mol. The number of benzene rings is 1. The summed E-state index contributed by atoms with van der Waals surface area (Å²) in [6.07, 6.45) is -1.94. The van der Waals surface area contributed by atoms with Crippen LogP contribution in [0, 0.1) is 0 Å². The van der Waals surface area contributed by atoms with Gasteiger partial charge in [0.2, 0.25) is 11.8 Å². The zero-order valence-electron chi connectivity index (χ0n) is 17.8. The summed E-state index contributed by atoms with van der Waals surface area (Å²) in [5.74, 6) is -1.56. The van der Waals surface area contributed by atoms with E-state index in [1.807, 2.05) is 11.4 Å². The van der Waals surface area contributed by atoms with E-state index < -0.39 is 29.2 Å². The Kier molecular flexibility index (Phi) is 6.73. The number of carbonyl (C=O) groups excluding carboxylic acids is 3. The molecule has 3 heterocycles. The molecule has 0 fully saturated rings. The molecule has 178 valence electrons.